The van der Waals surface area contributed by atoms with Crippen molar-refractivity contribution in [3.05, 3.63) is 69.6 Å². The number of rotatable bonds is 5. The van der Waals surface area contributed by atoms with Crippen LogP contribution in [-0.4, -0.2) is 23.0 Å². The van der Waals surface area contributed by atoms with Crippen molar-refractivity contribution in [2.24, 2.45) is 0 Å². The summed E-state index contributed by atoms with van der Waals surface area (Å²) in [5, 5.41) is 2.69. The van der Waals surface area contributed by atoms with Gasteiger partial charge in [-0.05, 0) is 31.5 Å². The first-order valence-electron chi connectivity index (χ1n) is 7.19. The van der Waals surface area contributed by atoms with Crippen LogP contribution >= 0.6 is 0 Å². The van der Waals surface area contributed by atoms with Gasteiger partial charge in [0.1, 0.15) is 5.56 Å². The normalized spacial score (nSPS) is 11.6. The molecule has 6 nitrogen and oxygen atoms in total. The van der Waals surface area contributed by atoms with E-state index in [-0.39, 0.29) is 5.56 Å². The van der Waals surface area contributed by atoms with Crippen LogP contribution in [0, 0.1) is 6.92 Å². The lowest BCUT2D eigenvalue weighted by molar-refractivity contribution is -0.129. The summed E-state index contributed by atoms with van der Waals surface area (Å²) in [5.74, 6) is -1.25. The zero-order valence-corrected chi connectivity index (χ0v) is 13.0. The molecule has 1 atom stereocenters. The molecule has 1 heterocycles. The number of esters is 1. The van der Waals surface area contributed by atoms with Crippen molar-refractivity contribution in [3.63, 3.8) is 0 Å². The number of hydrogen-bond acceptors (Lipinski definition) is 4. The number of carbonyl (C=O) groups is 2. The number of amides is 1. The zero-order valence-electron chi connectivity index (χ0n) is 13.0. The summed E-state index contributed by atoms with van der Waals surface area (Å²) < 4.78 is 5.02. The van der Waals surface area contributed by atoms with Gasteiger partial charge >= 0.3 is 5.97 Å². The Balaban J connectivity index is 1.90. The van der Waals surface area contributed by atoms with Gasteiger partial charge in [-0.3, -0.25) is 9.59 Å². The predicted octanol–water partition coefficient (Wildman–Crippen LogP) is 1.55. The standard InChI is InChI=1S/C17H18N2O4/c1-11-5-7-13(8-6-11)10-19-15(20)12(2)23-17(22)14-4-3-9-18-16(14)21/h3-9,12H,10H2,1-2H3,(H,18,21)(H,19,20)/t12-/m0/s1. The minimum Gasteiger partial charge on any atom is -0.449 e. The van der Waals surface area contributed by atoms with Crippen LogP contribution in [0.4, 0.5) is 0 Å². The number of aromatic nitrogens is 1. The van der Waals surface area contributed by atoms with E-state index >= 15 is 0 Å². The van der Waals surface area contributed by atoms with Gasteiger partial charge in [-0.25, -0.2) is 4.79 Å². The average Bonchev–Trinajstić information content (AvgIpc) is 2.54. The molecular formula is C17H18N2O4. The number of benzene rings is 1. The highest BCUT2D eigenvalue weighted by molar-refractivity contribution is 5.91. The van der Waals surface area contributed by atoms with Gasteiger partial charge in [0.15, 0.2) is 6.10 Å². The molecule has 6 heteroatoms. The Morgan fingerprint density at radius 2 is 1.91 bits per heavy atom. The SMILES string of the molecule is Cc1ccc(CNC(=O)[C@H](C)OC(=O)c2ccc[nH]c2=O)cc1. The predicted molar refractivity (Wildman–Crippen MR) is 85.0 cm³/mol. The lowest BCUT2D eigenvalue weighted by atomic mass is 10.1. The number of nitrogens with one attached hydrogen (secondary N) is 2. The first kappa shape index (κ1) is 16.5. The lowest BCUT2D eigenvalue weighted by Crippen LogP contribution is -2.36. The number of hydrogen-bond donors (Lipinski definition) is 2. The quantitative estimate of drug-likeness (QED) is 0.820. The molecule has 0 spiro atoms. The van der Waals surface area contributed by atoms with E-state index in [2.05, 4.69) is 10.3 Å². The molecule has 23 heavy (non-hydrogen) atoms. The molecule has 120 valence electrons. The summed E-state index contributed by atoms with van der Waals surface area (Å²) in [6.07, 6.45) is 0.421. The largest absolute Gasteiger partial charge is 0.449 e. The maximum absolute atomic E-state index is 12.0. The number of pyridine rings is 1. The third-order valence-electron chi connectivity index (χ3n) is 3.28. The Kier molecular flexibility index (Phi) is 5.30. The number of aryl methyl sites for hydroxylation is 1. The fourth-order valence-corrected chi connectivity index (χ4v) is 1.90. The number of carbonyl (C=O) groups excluding carboxylic acids is 2. The smallest absolute Gasteiger partial charge is 0.344 e. The summed E-state index contributed by atoms with van der Waals surface area (Å²) >= 11 is 0. The summed E-state index contributed by atoms with van der Waals surface area (Å²) in [5.41, 5.74) is 1.40. The fourth-order valence-electron chi connectivity index (χ4n) is 1.90. The minimum atomic E-state index is -0.993. The highest BCUT2D eigenvalue weighted by atomic mass is 16.5. The van der Waals surface area contributed by atoms with Crippen LogP contribution in [0.3, 0.4) is 0 Å². The van der Waals surface area contributed by atoms with Crippen LogP contribution in [0.5, 0.6) is 0 Å². The second kappa shape index (κ2) is 7.40. The van der Waals surface area contributed by atoms with Crippen LogP contribution in [0.2, 0.25) is 0 Å². The highest BCUT2D eigenvalue weighted by Crippen LogP contribution is 2.04. The molecule has 0 bridgehead atoms. The van der Waals surface area contributed by atoms with Crippen molar-refractivity contribution in [2.75, 3.05) is 0 Å². The van der Waals surface area contributed by atoms with Crippen molar-refractivity contribution in [1.29, 1.82) is 0 Å². The second-order valence-corrected chi connectivity index (χ2v) is 5.16. The molecule has 0 aliphatic heterocycles. The summed E-state index contributed by atoms with van der Waals surface area (Å²) in [4.78, 5) is 37.7. The van der Waals surface area contributed by atoms with Gasteiger partial charge in [0.05, 0.1) is 0 Å². The van der Waals surface area contributed by atoms with Gasteiger partial charge in [0, 0.05) is 12.7 Å². The molecule has 0 saturated heterocycles. The monoisotopic (exact) mass is 314 g/mol. The summed E-state index contributed by atoms with van der Waals surface area (Å²) in [6.45, 7) is 3.78. The molecule has 2 rings (SSSR count). The molecule has 1 amide bonds. The number of aromatic amines is 1. The molecule has 0 unspecified atom stereocenters. The van der Waals surface area contributed by atoms with Crippen molar-refractivity contribution in [3.8, 4) is 0 Å². The Bertz CT molecular complexity index is 750. The Morgan fingerprint density at radius 1 is 1.22 bits per heavy atom. The van der Waals surface area contributed by atoms with E-state index < -0.39 is 23.5 Å². The van der Waals surface area contributed by atoms with Crippen LogP contribution in [-0.2, 0) is 16.1 Å². The van der Waals surface area contributed by atoms with Gasteiger partial charge < -0.3 is 15.0 Å². The van der Waals surface area contributed by atoms with Crippen molar-refractivity contribution < 1.29 is 14.3 Å². The molecule has 0 fully saturated rings. The molecule has 0 radical (unpaired) electrons. The van der Waals surface area contributed by atoms with Gasteiger partial charge in [0.25, 0.3) is 11.5 Å². The molecule has 0 aliphatic rings. The van der Waals surface area contributed by atoms with Gasteiger partial charge in [-0.15, -0.1) is 0 Å². The van der Waals surface area contributed by atoms with Crippen LogP contribution in [0.25, 0.3) is 0 Å². The van der Waals surface area contributed by atoms with E-state index in [9.17, 15) is 14.4 Å². The third kappa shape index (κ3) is 4.54. The van der Waals surface area contributed by atoms with Crippen molar-refractivity contribution >= 4 is 11.9 Å². The third-order valence-corrected chi connectivity index (χ3v) is 3.28. The fraction of sp³-hybridized carbons (Fsp3) is 0.235. The first-order valence-corrected chi connectivity index (χ1v) is 7.19. The van der Waals surface area contributed by atoms with Crippen LogP contribution < -0.4 is 10.9 Å². The van der Waals surface area contributed by atoms with Gasteiger partial charge in [-0.1, -0.05) is 29.8 Å². The van der Waals surface area contributed by atoms with E-state index in [4.69, 9.17) is 4.74 Å². The first-order chi connectivity index (χ1) is 11.0. The topological polar surface area (TPSA) is 88.3 Å². The minimum absolute atomic E-state index is 0.134. The molecular weight excluding hydrogens is 296 g/mol. The Labute approximate surface area is 133 Å². The molecule has 0 aliphatic carbocycles. The van der Waals surface area contributed by atoms with Crippen LogP contribution in [0.15, 0.2) is 47.4 Å². The number of H-pyrrole nitrogens is 1. The van der Waals surface area contributed by atoms with E-state index in [1.807, 2.05) is 31.2 Å². The number of ether oxygens (including phenoxy) is 1. The summed E-state index contributed by atoms with van der Waals surface area (Å²) in [7, 11) is 0. The van der Waals surface area contributed by atoms with E-state index in [1.165, 1.54) is 25.3 Å². The van der Waals surface area contributed by atoms with E-state index in [0.717, 1.165) is 11.1 Å². The molecule has 2 N–H and O–H groups in total. The molecule has 1 aromatic heterocycles. The zero-order chi connectivity index (χ0) is 16.8. The Morgan fingerprint density at radius 3 is 2.57 bits per heavy atom. The van der Waals surface area contributed by atoms with Crippen molar-refractivity contribution in [2.45, 2.75) is 26.5 Å². The molecule has 1 aromatic carbocycles. The van der Waals surface area contributed by atoms with Gasteiger partial charge in [-0.2, -0.15) is 0 Å². The molecule has 0 saturated carbocycles. The Hall–Kier alpha value is -2.89. The highest BCUT2D eigenvalue weighted by Gasteiger charge is 2.20. The second-order valence-electron chi connectivity index (χ2n) is 5.16. The van der Waals surface area contributed by atoms with Crippen LogP contribution in [0.1, 0.15) is 28.4 Å². The summed E-state index contributed by atoms with van der Waals surface area (Å²) in [6, 6.07) is 10.6. The maximum Gasteiger partial charge on any atom is 0.344 e. The van der Waals surface area contributed by atoms with E-state index in [0.29, 0.717) is 6.54 Å². The van der Waals surface area contributed by atoms with Crippen molar-refractivity contribution in [1.82, 2.24) is 10.3 Å². The van der Waals surface area contributed by atoms with Gasteiger partial charge in [0.2, 0.25) is 0 Å². The lowest BCUT2D eigenvalue weighted by Gasteiger charge is -2.13. The maximum atomic E-state index is 12.0. The average molecular weight is 314 g/mol. The molecule has 2 aromatic rings. The van der Waals surface area contributed by atoms with E-state index in [1.54, 1.807) is 0 Å².